The molecular weight excluding hydrogens is 233 g/mol. The van der Waals surface area contributed by atoms with E-state index in [1.54, 1.807) is 0 Å². The van der Waals surface area contributed by atoms with Crippen molar-refractivity contribution in [2.45, 2.75) is 31.2 Å². The highest BCUT2D eigenvalue weighted by Crippen LogP contribution is 2.31. The van der Waals surface area contributed by atoms with Crippen LogP contribution in [0.4, 0.5) is 13.2 Å². The van der Waals surface area contributed by atoms with Gasteiger partial charge >= 0.3 is 6.18 Å². The minimum absolute atomic E-state index is 0.299. The molecule has 1 aliphatic rings. The Morgan fingerprint density at radius 2 is 1.88 bits per heavy atom. The number of hydrogen-bond donors (Lipinski definition) is 1. The van der Waals surface area contributed by atoms with Gasteiger partial charge in [0.05, 0.1) is 11.7 Å². The van der Waals surface area contributed by atoms with Crippen LogP contribution in [0.5, 0.6) is 0 Å². The fraction of sp³-hybridized carbons (Fsp3) is 0.500. The molecule has 5 heteroatoms. The summed E-state index contributed by atoms with van der Waals surface area (Å²) in [5.41, 5.74) is -0.245. The van der Waals surface area contributed by atoms with Gasteiger partial charge in [-0.3, -0.25) is 0 Å². The lowest BCUT2D eigenvalue weighted by atomic mass is 10.0. The number of ether oxygens (including phenoxy) is 1. The smallest absolute Gasteiger partial charge is 0.386 e. The molecule has 1 saturated heterocycles. The second-order valence-electron chi connectivity index (χ2n) is 4.12. The van der Waals surface area contributed by atoms with Gasteiger partial charge in [0.1, 0.15) is 6.10 Å². The monoisotopic (exact) mass is 246 g/mol. The molecule has 1 N–H and O–H groups in total. The molecule has 0 aromatic heterocycles. The van der Waals surface area contributed by atoms with E-state index in [1.807, 2.05) is 0 Å². The fourth-order valence-corrected chi connectivity index (χ4v) is 1.94. The average molecular weight is 246 g/mol. The Labute approximate surface area is 97.0 Å². The summed E-state index contributed by atoms with van der Waals surface area (Å²) in [4.78, 5) is 0. The minimum atomic E-state index is -4.34. The molecule has 0 spiro atoms. The molecule has 94 valence electrons. The predicted octanol–water partition coefficient (Wildman–Crippen LogP) is 2.92. The summed E-state index contributed by atoms with van der Waals surface area (Å²) in [5.74, 6) is 0. The molecule has 2 rings (SSSR count). The third-order valence-electron chi connectivity index (χ3n) is 2.90. The van der Waals surface area contributed by atoms with Crippen LogP contribution in [0, 0.1) is 0 Å². The van der Waals surface area contributed by atoms with Crippen LogP contribution in [0.2, 0.25) is 0 Å². The molecule has 1 fully saturated rings. The van der Waals surface area contributed by atoms with Crippen molar-refractivity contribution in [2.24, 2.45) is 0 Å². The summed E-state index contributed by atoms with van der Waals surface area (Å²) in [6.45, 7) is 0.600. The molecule has 2 unspecified atom stereocenters. The highest BCUT2D eigenvalue weighted by molar-refractivity contribution is 5.26. The Hall–Kier alpha value is -1.07. The van der Waals surface area contributed by atoms with Crippen LogP contribution < -0.4 is 0 Å². The molecular formula is C12H13F3O2. The van der Waals surface area contributed by atoms with E-state index in [4.69, 9.17) is 4.74 Å². The zero-order chi connectivity index (χ0) is 12.5. The third kappa shape index (κ3) is 2.79. The Balaban J connectivity index is 2.12. The first kappa shape index (κ1) is 12.4. The van der Waals surface area contributed by atoms with Gasteiger partial charge in [-0.1, -0.05) is 12.1 Å². The van der Waals surface area contributed by atoms with E-state index in [9.17, 15) is 18.3 Å². The molecule has 1 aliphatic heterocycles. The number of alkyl halides is 3. The molecule has 1 heterocycles. The van der Waals surface area contributed by atoms with E-state index in [-0.39, 0.29) is 6.10 Å². The number of benzene rings is 1. The van der Waals surface area contributed by atoms with Gasteiger partial charge in [-0.15, -0.1) is 0 Å². The maximum absolute atomic E-state index is 12.3. The van der Waals surface area contributed by atoms with Gasteiger partial charge in [-0.05, 0) is 30.5 Å². The highest BCUT2D eigenvalue weighted by atomic mass is 19.4. The molecule has 1 aromatic carbocycles. The Bertz CT molecular complexity index is 366. The van der Waals surface area contributed by atoms with Crippen molar-refractivity contribution in [1.82, 2.24) is 0 Å². The van der Waals surface area contributed by atoms with E-state index in [1.165, 1.54) is 12.1 Å². The van der Waals surface area contributed by atoms with Gasteiger partial charge < -0.3 is 9.84 Å². The van der Waals surface area contributed by atoms with Crippen LogP contribution in [0.1, 0.15) is 30.1 Å². The van der Waals surface area contributed by atoms with Crippen molar-refractivity contribution in [3.05, 3.63) is 35.4 Å². The zero-order valence-corrected chi connectivity index (χ0v) is 9.07. The van der Waals surface area contributed by atoms with Crippen molar-refractivity contribution in [3.8, 4) is 0 Å². The summed E-state index contributed by atoms with van der Waals surface area (Å²) in [6, 6.07) is 4.56. The molecule has 2 atom stereocenters. The number of halogens is 3. The normalized spacial score (nSPS) is 22.7. The Morgan fingerprint density at radius 3 is 2.35 bits per heavy atom. The van der Waals surface area contributed by atoms with Crippen molar-refractivity contribution >= 4 is 0 Å². The maximum atomic E-state index is 12.3. The van der Waals surface area contributed by atoms with Gasteiger partial charge in [-0.25, -0.2) is 0 Å². The van der Waals surface area contributed by atoms with Gasteiger partial charge in [-0.2, -0.15) is 13.2 Å². The van der Waals surface area contributed by atoms with Crippen molar-refractivity contribution in [3.63, 3.8) is 0 Å². The summed E-state index contributed by atoms with van der Waals surface area (Å²) < 4.78 is 42.3. The van der Waals surface area contributed by atoms with E-state index in [0.29, 0.717) is 12.2 Å². The van der Waals surface area contributed by atoms with Crippen LogP contribution in [0.15, 0.2) is 24.3 Å². The molecule has 1 aromatic rings. The first-order valence-electron chi connectivity index (χ1n) is 5.45. The fourth-order valence-electron chi connectivity index (χ4n) is 1.94. The van der Waals surface area contributed by atoms with Crippen molar-refractivity contribution < 1.29 is 23.0 Å². The first-order valence-corrected chi connectivity index (χ1v) is 5.45. The lowest BCUT2D eigenvalue weighted by Gasteiger charge is -2.18. The Kier molecular flexibility index (Phi) is 3.40. The second kappa shape index (κ2) is 4.66. The van der Waals surface area contributed by atoms with Crippen LogP contribution in [0.3, 0.4) is 0 Å². The zero-order valence-electron chi connectivity index (χ0n) is 9.07. The number of aliphatic hydroxyl groups excluding tert-OH is 1. The Morgan fingerprint density at radius 1 is 1.24 bits per heavy atom. The van der Waals surface area contributed by atoms with Crippen LogP contribution >= 0.6 is 0 Å². The third-order valence-corrected chi connectivity index (χ3v) is 2.90. The predicted molar refractivity (Wildman–Crippen MR) is 55.4 cm³/mol. The van der Waals surface area contributed by atoms with Gasteiger partial charge in [0.15, 0.2) is 0 Å². The van der Waals surface area contributed by atoms with Crippen LogP contribution in [0.25, 0.3) is 0 Å². The molecule has 2 nitrogen and oxygen atoms in total. The molecule has 0 amide bonds. The van der Waals surface area contributed by atoms with Gasteiger partial charge in [0, 0.05) is 6.61 Å². The number of rotatable bonds is 2. The molecule has 17 heavy (non-hydrogen) atoms. The van der Waals surface area contributed by atoms with Gasteiger partial charge in [0.2, 0.25) is 0 Å². The molecule has 0 radical (unpaired) electrons. The minimum Gasteiger partial charge on any atom is -0.386 e. The number of hydrogen-bond acceptors (Lipinski definition) is 2. The topological polar surface area (TPSA) is 29.5 Å². The summed E-state index contributed by atoms with van der Waals surface area (Å²) in [5, 5.41) is 9.91. The van der Waals surface area contributed by atoms with Crippen molar-refractivity contribution in [2.75, 3.05) is 6.61 Å². The van der Waals surface area contributed by atoms with E-state index in [2.05, 4.69) is 0 Å². The SMILES string of the molecule is OC(c1ccc(C(F)(F)F)cc1)C1CCCO1. The number of aliphatic hydroxyl groups is 1. The first-order chi connectivity index (χ1) is 7.98. The standard InChI is InChI=1S/C12H13F3O2/c13-12(14,15)9-5-3-8(4-6-9)11(16)10-2-1-7-17-10/h3-6,10-11,16H,1-2,7H2. The molecule has 0 aliphatic carbocycles. The lowest BCUT2D eigenvalue weighted by Crippen LogP contribution is -2.17. The molecule has 0 saturated carbocycles. The van der Waals surface area contributed by atoms with E-state index >= 15 is 0 Å². The average Bonchev–Trinajstić information content (AvgIpc) is 2.80. The second-order valence-corrected chi connectivity index (χ2v) is 4.12. The van der Waals surface area contributed by atoms with Crippen LogP contribution in [-0.4, -0.2) is 17.8 Å². The maximum Gasteiger partial charge on any atom is 0.416 e. The van der Waals surface area contributed by atoms with Crippen LogP contribution in [-0.2, 0) is 10.9 Å². The quantitative estimate of drug-likeness (QED) is 0.869. The van der Waals surface area contributed by atoms with Gasteiger partial charge in [0.25, 0.3) is 0 Å². The summed E-state index contributed by atoms with van der Waals surface area (Å²) >= 11 is 0. The lowest BCUT2D eigenvalue weighted by molar-refractivity contribution is -0.137. The van der Waals surface area contributed by atoms with Crippen molar-refractivity contribution in [1.29, 1.82) is 0 Å². The summed E-state index contributed by atoms with van der Waals surface area (Å²) in [7, 11) is 0. The van der Waals surface area contributed by atoms with E-state index < -0.39 is 17.8 Å². The largest absolute Gasteiger partial charge is 0.416 e. The van der Waals surface area contributed by atoms with E-state index in [0.717, 1.165) is 25.0 Å². The summed E-state index contributed by atoms with van der Waals surface area (Å²) in [6.07, 6.45) is -3.87. The molecule has 0 bridgehead atoms. The highest BCUT2D eigenvalue weighted by Gasteiger charge is 2.31.